The van der Waals surface area contributed by atoms with Gasteiger partial charge in [-0.1, -0.05) is 24.3 Å². The van der Waals surface area contributed by atoms with Crippen LogP contribution in [0.3, 0.4) is 0 Å². The van der Waals surface area contributed by atoms with Crippen LogP contribution in [-0.2, 0) is 11.3 Å². The van der Waals surface area contributed by atoms with Gasteiger partial charge in [0, 0.05) is 5.56 Å². The number of aliphatic hydroxyl groups excluding tert-OH is 1. The lowest BCUT2D eigenvalue weighted by molar-refractivity contribution is -0.130. The van der Waals surface area contributed by atoms with Crippen LogP contribution in [-0.4, -0.2) is 45.5 Å². The highest BCUT2D eigenvalue weighted by atomic mass is 32.1. The number of ketones is 1. The topological polar surface area (TPSA) is 109 Å². The number of methoxy groups -OCH3 is 1. The molecule has 2 aromatic carbocycles. The summed E-state index contributed by atoms with van der Waals surface area (Å²) in [6, 6.07) is 11.0. The van der Waals surface area contributed by atoms with E-state index in [1.165, 1.54) is 29.4 Å². The van der Waals surface area contributed by atoms with Crippen LogP contribution >= 0.6 is 11.3 Å². The molecule has 1 aliphatic rings. The number of phenolic OH excluding ortho intramolecular Hbond substituents is 1. The second-order valence-electron chi connectivity index (χ2n) is 8.05. The number of nitrogens with zero attached hydrogens (tertiary/aromatic N) is 2. The Hall–Kier alpha value is -3.85. The van der Waals surface area contributed by atoms with Gasteiger partial charge >= 0.3 is 0 Å². The van der Waals surface area contributed by atoms with Gasteiger partial charge < -0.3 is 24.6 Å². The average molecular weight is 495 g/mol. The molecule has 3 aromatic rings. The Morgan fingerprint density at radius 3 is 2.54 bits per heavy atom. The second-order valence-corrected chi connectivity index (χ2v) is 9.25. The molecule has 2 N–H and O–H groups in total. The molecular formula is C26H26N2O6S. The summed E-state index contributed by atoms with van der Waals surface area (Å²) in [5.74, 6) is -1.00. The van der Waals surface area contributed by atoms with Crippen LogP contribution < -0.4 is 9.47 Å². The summed E-state index contributed by atoms with van der Waals surface area (Å²) in [5, 5.41) is 21.9. The van der Waals surface area contributed by atoms with E-state index in [4.69, 9.17) is 9.47 Å². The average Bonchev–Trinajstić information content (AvgIpc) is 3.31. The number of ether oxygens (including phenoxy) is 2. The Labute approximate surface area is 207 Å². The van der Waals surface area contributed by atoms with E-state index >= 15 is 0 Å². The quantitative estimate of drug-likeness (QED) is 0.439. The van der Waals surface area contributed by atoms with Crippen molar-refractivity contribution in [2.45, 2.75) is 33.4 Å². The summed E-state index contributed by atoms with van der Waals surface area (Å²) >= 11 is 1.21. The van der Waals surface area contributed by atoms with Gasteiger partial charge in [0.15, 0.2) is 17.3 Å². The van der Waals surface area contributed by atoms with Crippen molar-refractivity contribution in [1.82, 2.24) is 9.88 Å². The number of rotatable bonds is 8. The predicted molar refractivity (Wildman–Crippen MR) is 131 cm³/mol. The van der Waals surface area contributed by atoms with Crippen molar-refractivity contribution in [3.8, 4) is 17.2 Å². The maximum absolute atomic E-state index is 13.7. The van der Waals surface area contributed by atoms with Crippen molar-refractivity contribution in [2.75, 3.05) is 13.7 Å². The number of phenols is 1. The molecule has 35 heavy (non-hydrogen) atoms. The smallest absolute Gasteiger partial charge is 0.290 e. The molecule has 4 rings (SSSR count). The first kappa shape index (κ1) is 24.3. The summed E-state index contributed by atoms with van der Waals surface area (Å²) in [7, 11) is 1.54. The molecule has 0 saturated carbocycles. The van der Waals surface area contributed by atoms with Gasteiger partial charge in [-0.15, -0.1) is 11.3 Å². The molecule has 8 nitrogen and oxygen atoms in total. The number of carbonyl (C=O) groups is 2. The molecule has 9 heteroatoms. The molecule has 1 aliphatic heterocycles. The molecule has 0 radical (unpaired) electrons. The summed E-state index contributed by atoms with van der Waals surface area (Å²) < 4.78 is 11.0. The van der Waals surface area contributed by atoms with Crippen molar-refractivity contribution < 1.29 is 29.3 Å². The number of amides is 1. The van der Waals surface area contributed by atoms with Gasteiger partial charge in [-0.3, -0.25) is 9.59 Å². The van der Waals surface area contributed by atoms with Crippen LogP contribution in [0.4, 0.5) is 0 Å². The zero-order valence-electron chi connectivity index (χ0n) is 19.9. The number of aromatic nitrogens is 1. The van der Waals surface area contributed by atoms with E-state index in [0.29, 0.717) is 39.1 Å². The second kappa shape index (κ2) is 9.79. The highest BCUT2D eigenvalue weighted by Gasteiger charge is 2.45. The van der Waals surface area contributed by atoms with Crippen molar-refractivity contribution in [3.05, 3.63) is 80.5 Å². The minimum absolute atomic E-state index is 0.0372. The van der Waals surface area contributed by atoms with Gasteiger partial charge in [0.25, 0.3) is 5.91 Å². The first-order valence-electron chi connectivity index (χ1n) is 11.1. The standard InChI is InChI=1S/C26H26N2O6S/c1-5-34-20-12-16(10-11-18(20)29)22-21(23(30)25-14(2)27-15(3)35-25)24(31)26(32)28(22)13-17-8-6-7-9-19(17)33-4/h6-12,22,29,31H,5,13H2,1-4H3. The molecule has 0 saturated heterocycles. The number of aliphatic hydroxyl groups is 1. The summed E-state index contributed by atoms with van der Waals surface area (Å²) in [4.78, 5) is 33.1. The Balaban J connectivity index is 1.86. The van der Waals surface area contributed by atoms with Crippen molar-refractivity contribution >= 4 is 23.0 Å². The SMILES string of the molecule is CCOc1cc(C2C(C(=O)c3sc(C)nc3C)=C(O)C(=O)N2Cc2ccccc2OC)ccc1O. The third-order valence-electron chi connectivity index (χ3n) is 5.79. The van der Waals surface area contributed by atoms with Crippen LogP contribution in [0.2, 0.25) is 0 Å². The first-order valence-corrected chi connectivity index (χ1v) is 11.9. The molecule has 1 amide bonds. The number of Topliss-reactive ketones (excluding diaryl/α,β-unsaturated/α-hetero) is 1. The third-order valence-corrected chi connectivity index (χ3v) is 6.86. The third kappa shape index (κ3) is 4.46. The zero-order chi connectivity index (χ0) is 25.3. The maximum Gasteiger partial charge on any atom is 0.290 e. The highest BCUT2D eigenvalue weighted by Crippen LogP contribution is 2.43. The molecule has 0 fully saturated rings. The van der Waals surface area contributed by atoms with Crippen LogP contribution in [0, 0.1) is 13.8 Å². The van der Waals surface area contributed by atoms with Crippen molar-refractivity contribution in [3.63, 3.8) is 0 Å². The molecular weight excluding hydrogens is 468 g/mol. The molecule has 2 heterocycles. The number of hydrogen-bond acceptors (Lipinski definition) is 8. The minimum atomic E-state index is -0.915. The monoisotopic (exact) mass is 494 g/mol. The number of benzene rings is 2. The van der Waals surface area contributed by atoms with E-state index in [2.05, 4.69) is 4.98 Å². The number of aromatic hydroxyl groups is 1. The van der Waals surface area contributed by atoms with Crippen LogP contribution in [0.15, 0.2) is 53.8 Å². The summed E-state index contributed by atoms with van der Waals surface area (Å²) in [5.41, 5.74) is 1.72. The van der Waals surface area contributed by atoms with Crippen LogP contribution in [0.5, 0.6) is 17.2 Å². The van der Waals surface area contributed by atoms with E-state index < -0.39 is 23.5 Å². The van der Waals surface area contributed by atoms with E-state index in [9.17, 15) is 19.8 Å². The van der Waals surface area contributed by atoms with E-state index in [1.807, 2.05) is 18.2 Å². The van der Waals surface area contributed by atoms with E-state index in [0.717, 1.165) is 0 Å². The normalized spacial score (nSPS) is 15.6. The fraction of sp³-hybridized carbons (Fsp3) is 0.269. The maximum atomic E-state index is 13.7. The zero-order valence-corrected chi connectivity index (χ0v) is 20.7. The Morgan fingerprint density at radius 1 is 1.14 bits per heavy atom. The highest BCUT2D eigenvalue weighted by molar-refractivity contribution is 7.14. The number of thiazole rings is 1. The molecule has 182 valence electrons. The molecule has 0 aliphatic carbocycles. The van der Waals surface area contributed by atoms with Crippen molar-refractivity contribution in [1.29, 1.82) is 0 Å². The number of carbonyl (C=O) groups excluding carboxylic acids is 2. The Bertz CT molecular complexity index is 1330. The molecule has 1 unspecified atom stereocenters. The largest absolute Gasteiger partial charge is 0.504 e. The van der Waals surface area contributed by atoms with E-state index in [-0.39, 0.29) is 23.6 Å². The van der Waals surface area contributed by atoms with Gasteiger partial charge in [-0.2, -0.15) is 0 Å². The fourth-order valence-electron chi connectivity index (χ4n) is 4.25. The molecule has 1 atom stereocenters. The van der Waals surface area contributed by atoms with Crippen LogP contribution in [0.25, 0.3) is 0 Å². The number of aryl methyl sites for hydroxylation is 2. The van der Waals surface area contributed by atoms with Gasteiger partial charge in [0.05, 0.1) is 47.5 Å². The lowest BCUT2D eigenvalue weighted by Gasteiger charge is -2.28. The molecule has 0 bridgehead atoms. The summed E-state index contributed by atoms with van der Waals surface area (Å²) in [6.07, 6.45) is 0. The van der Waals surface area contributed by atoms with Gasteiger partial charge in [0.2, 0.25) is 5.78 Å². The van der Waals surface area contributed by atoms with E-state index in [1.54, 1.807) is 39.0 Å². The summed E-state index contributed by atoms with van der Waals surface area (Å²) in [6.45, 7) is 5.70. The first-order chi connectivity index (χ1) is 16.8. The van der Waals surface area contributed by atoms with Gasteiger partial charge in [-0.05, 0) is 44.5 Å². The van der Waals surface area contributed by atoms with Gasteiger partial charge in [-0.25, -0.2) is 4.98 Å². The predicted octanol–water partition coefficient (Wildman–Crippen LogP) is 4.65. The fourth-order valence-corrected chi connectivity index (χ4v) is 5.12. The molecule has 0 spiro atoms. The minimum Gasteiger partial charge on any atom is -0.504 e. The lowest BCUT2D eigenvalue weighted by Crippen LogP contribution is -2.31. The van der Waals surface area contributed by atoms with Gasteiger partial charge in [0.1, 0.15) is 5.75 Å². The molecule has 1 aromatic heterocycles. The Morgan fingerprint density at radius 2 is 1.89 bits per heavy atom. The van der Waals surface area contributed by atoms with Crippen molar-refractivity contribution in [2.24, 2.45) is 0 Å². The number of hydrogen-bond donors (Lipinski definition) is 2. The van der Waals surface area contributed by atoms with Crippen LogP contribution in [0.1, 0.15) is 44.5 Å². The number of para-hydroxylation sites is 1. The Kier molecular flexibility index (Phi) is 6.79. The lowest BCUT2D eigenvalue weighted by atomic mass is 9.94.